The van der Waals surface area contributed by atoms with Crippen LogP contribution in [0.15, 0.2) is 42.6 Å². The van der Waals surface area contributed by atoms with Gasteiger partial charge in [0.15, 0.2) is 6.61 Å². The van der Waals surface area contributed by atoms with E-state index >= 15 is 0 Å². The number of aromatic nitrogens is 1. The van der Waals surface area contributed by atoms with Crippen LogP contribution in [-0.4, -0.2) is 37.1 Å². The molecule has 0 unspecified atom stereocenters. The largest absolute Gasteiger partial charge is 0.484 e. The van der Waals surface area contributed by atoms with Crippen molar-refractivity contribution in [1.29, 1.82) is 5.26 Å². The van der Waals surface area contributed by atoms with Crippen LogP contribution < -0.4 is 15.0 Å². The highest BCUT2D eigenvalue weighted by atomic mass is 16.5. The van der Waals surface area contributed by atoms with Crippen molar-refractivity contribution in [2.24, 2.45) is 5.92 Å². The molecule has 152 valence electrons. The zero-order valence-electron chi connectivity index (χ0n) is 17.1. The van der Waals surface area contributed by atoms with Gasteiger partial charge in [0.25, 0.3) is 5.91 Å². The average Bonchev–Trinajstić information content (AvgIpc) is 2.77. The molecule has 1 amide bonds. The number of ether oxygens (including phenoxy) is 1. The summed E-state index contributed by atoms with van der Waals surface area (Å²) >= 11 is 0. The molecular formula is C23H28N4O2. The van der Waals surface area contributed by atoms with Gasteiger partial charge in [0, 0.05) is 25.8 Å². The van der Waals surface area contributed by atoms with Crippen molar-refractivity contribution in [3.8, 4) is 11.8 Å². The molecule has 1 aromatic heterocycles. The lowest BCUT2D eigenvalue weighted by molar-refractivity contribution is -0.123. The highest BCUT2D eigenvalue weighted by molar-refractivity contribution is 5.77. The van der Waals surface area contributed by atoms with Crippen LogP contribution in [0.2, 0.25) is 0 Å². The van der Waals surface area contributed by atoms with Crippen LogP contribution in [0, 0.1) is 17.2 Å². The molecular weight excluding hydrogens is 364 g/mol. The second-order valence-corrected chi connectivity index (χ2v) is 7.73. The molecule has 0 radical (unpaired) electrons. The van der Waals surface area contributed by atoms with Gasteiger partial charge in [-0.25, -0.2) is 4.98 Å². The SMILES string of the molecule is CC(C)c1ccc(OCC(=O)NCC2CCN(c3ncccc3C#N)CC2)cc1. The van der Waals surface area contributed by atoms with Gasteiger partial charge < -0.3 is 15.0 Å². The van der Waals surface area contributed by atoms with Crippen molar-refractivity contribution in [2.75, 3.05) is 31.1 Å². The summed E-state index contributed by atoms with van der Waals surface area (Å²) in [5, 5.41) is 12.2. The smallest absolute Gasteiger partial charge is 0.257 e. The van der Waals surface area contributed by atoms with E-state index in [1.165, 1.54) is 5.56 Å². The third-order valence-corrected chi connectivity index (χ3v) is 5.33. The van der Waals surface area contributed by atoms with Crippen molar-refractivity contribution in [3.63, 3.8) is 0 Å². The van der Waals surface area contributed by atoms with Gasteiger partial charge >= 0.3 is 0 Å². The van der Waals surface area contributed by atoms with Crippen molar-refractivity contribution >= 4 is 11.7 Å². The molecule has 2 heterocycles. The van der Waals surface area contributed by atoms with Crippen molar-refractivity contribution in [1.82, 2.24) is 10.3 Å². The molecule has 0 atom stereocenters. The fourth-order valence-electron chi connectivity index (χ4n) is 3.49. The maximum atomic E-state index is 12.1. The second kappa shape index (κ2) is 9.92. The monoisotopic (exact) mass is 392 g/mol. The molecule has 1 N–H and O–H groups in total. The van der Waals surface area contributed by atoms with Crippen LogP contribution in [0.25, 0.3) is 0 Å². The minimum absolute atomic E-state index is 0.0271. The third kappa shape index (κ3) is 5.71. The first kappa shape index (κ1) is 20.7. The first-order valence-electron chi connectivity index (χ1n) is 10.2. The Bertz CT molecular complexity index is 850. The van der Waals surface area contributed by atoms with Crippen LogP contribution in [0.3, 0.4) is 0 Å². The van der Waals surface area contributed by atoms with Gasteiger partial charge in [-0.05, 0) is 54.5 Å². The molecule has 29 heavy (non-hydrogen) atoms. The number of nitrogens with one attached hydrogen (secondary N) is 1. The molecule has 0 bridgehead atoms. The topological polar surface area (TPSA) is 78.2 Å². The van der Waals surface area contributed by atoms with Gasteiger partial charge in [-0.3, -0.25) is 4.79 Å². The van der Waals surface area contributed by atoms with E-state index in [0.717, 1.165) is 31.7 Å². The number of amides is 1. The molecule has 1 aromatic carbocycles. The Hall–Kier alpha value is -3.07. The number of carbonyl (C=O) groups excluding carboxylic acids is 1. The number of nitriles is 1. The minimum Gasteiger partial charge on any atom is -0.484 e. The summed E-state index contributed by atoms with van der Waals surface area (Å²) in [4.78, 5) is 18.6. The Morgan fingerprint density at radius 2 is 2.00 bits per heavy atom. The molecule has 0 aliphatic carbocycles. The van der Waals surface area contributed by atoms with Crippen molar-refractivity contribution in [2.45, 2.75) is 32.6 Å². The maximum absolute atomic E-state index is 12.1. The van der Waals surface area contributed by atoms with E-state index in [4.69, 9.17) is 4.74 Å². The van der Waals surface area contributed by atoms with E-state index in [9.17, 15) is 10.1 Å². The fourth-order valence-corrected chi connectivity index (χ4v) is 3.49. The average molecular weight is 393 g/mol. The van der Waals surface area contributed by atoms with E-state index in [-0.39, 0.29) is 12.5 Å². The Morgan fingerprint density at radius 3 is 2.66 bits per heavy atom. The highest BCUT2D eigenvalue weighted by Gasteiger charge is 2.22. The van der Waals surface area contributed by atoms with Gasteiger partial charge in [-0.2, -0.15) is 5.26 Å². The van der Waals surface area contributed by atoms with Crippen LogP contribution >= 0.6 is 0 Å². The maximum Gasteiger partial charge on any atom is 0.257 e. The Labute approximate surface area is 172 Å². The second-order valence-electron chi connectivity index (χ2n) is 7.73. The molecule has 1 aliphatic heterocycles. The molecule has 3 rings (SSSR count). The van der Waals surface area contributed by atoms with E-state index in [2.05, 4.69) is 35.1 Å². The van der Waals surface area contributed by atoms with Crippen LogP contribution in [0.4, 0.5) is 5.82 Å². The first-order valence-corrected chi connectivity index (χ1v) is 10.2. The summed E-state index contributed by atoms with van der Waals surface area (Å²) < 4.78 is 5.58. The first-order chi connectivity index (χ1) is 14.1. The number of benzene rings is 1. The predicted molar refractivity (Wildman–Crippen MR) is 113 cm³/mol. The quantitative estimate of drug-likeness (QED) is 0.780. The zero-order valence-corrected chi connectivity index (χ0v) is 17.1. The minimum atomic E-state index is -0.100. The molecule has 0 spiro atoms. The van der Waals surface area contributed by atoms with Gasteiger partial charge in [0.05, 0.1) is 5.56 Å². The Kier molecular flexibility index (Phi) is 7.07. The van der Waals surface area contributed by atoms with E-state index in [1.54, 1.807) is 18.3 Å². The van der Waals surface area contributed by atoms with Crippen LogP contribution in [0.5, 0.6) is 5.75 Å². The third-order valence-electron chi connectivity index (χ3n) is 5.33. The van der Waals surface area contributed by atoms with Crippen LogP contribution in [0.1, 0.15) is 43.7 Å². The molecule has 6 nitrogen and oxygen atoms in total. The van der Waals surface area contributed by atoms with Crippen molar-refractivity contribution < 1.29 is 9.53 Å². The number of piperidine rings is 1. The van der Waals surface area contributed by atoms with Gasteiger partial charge in [0.2, 0.25) is 0 Å². The number of hydrogen-bond acceptors (Lipinski definition) is 5. The summed E-state index contributed by atoms with van der Waals surface area (Å²) in [7, 11) is 0. The fraction of sp³-hybridized carbons (Fsp3) is 0.435. The number of pyridine rings is 1. The molecule has 1 aliphatic rings. The van der Waals surface area contributed by atoms with Crippen molar-refractivity contribution in [3.05, 3.63) is 53.7 Å². The van der Waals surface area contributed by atoms with Gasteiger partial charge in [0.1, 0.15) is 17.6 Å². The van der Waals surface area contributed by atoms with Crippen LogP contribution in [-0.2, 0) is 4.79 Å². The van der Waals surface area contributed by atoms with E-state index < -0.39 is 0 Å². The highest BCUT2D eigenvalue weighted by Crippen LogP contribution is 2.24. The predicted octanol–water partition coefficient (Wildman–Crippen LogP) is 3.49. The molecule has 6 heteroatoms. The van der Waals surface area contributed by atoms with Gasteiger partial charge in [-0.15, -0.1) is 0 Å². The lowest BCUT2D eigenvalue weighted by atomic mass is 9.96. The summed E-state index contributed by atoms with van der Waals surface area (Å²) in [5.41, 5.74) is 1.86. The Morgan fingerprint density at radius 1 is 1.28 bits per heavy atom. The zero-order chi connectivity index (χ0) is 20.6. The lowest BCUT2D eigenvalue weighted by Crippen LogP contribution is -2.40. The summed E-state index contributed by atoms with van der Waals surface area (Å²) in [6.45, 7) is 6.64. The summed E-state index contributed by atoms with van der Waals surface area (Å²) in [5.74, 6) is 2.27. The molecule has 1 saturated heterocycles. The summed E-state index contributed by atoms with van der Waals surface area (Å²) in [6, 6.07) is 13.7. The molecule has 1 fully saturated rings. The lowest BCUT2D eigenvalue weighted by Gasteiger charge is -2.33. The number of anilines is 1. The molecule has 0 saturated carbocycles. The number of carbonyl (C=O) groups is 1. The normalized spacial score (nSPS) is 14.5. The van der Waals surface area contributed by atoms with E-state index in [1.807, 2.05) is 24.3 Å². The standard InChI is InChI=1S/C23H28N4O2/c1-17(2)19-5-7-21(8-6-19)29-16-22(28)26-15-18-9-12-27(13-10-18)23-20(14-24)4-3-11-25-23/h3-8,11,17-18H,9-10,12-13,15-16H2,1-2H3,(H,26,28). The van der Waals surface area contributed by atoms with Gasteiger partial charge in [-0.1, -0.05) is 26.0 Å². The number of nitrogens with zero attached hydrogens (tertiary/aromatic N) is 3. The summed E-state index contributed by atoms with van der Waals surface area (Å²) in [6.07, 6.45) is 3.64. The number of hydrogen-bond donors (Lipinski definition) is 1. The Balaban J connectivity index is 1.39. The molecule has 2 aromatic rings. The van der Waals surface area contributed by atoms with E-state index in [0.29, 0.717) is 29.7 Å². The number of rotatable bonds is 7.